The molecule has 3 nitrogen and oxygen atoms in total. The number of benzene rings is 2. The highest BCUT2D eigenvalue weighted by Crippen LogP contribution is 2.51. The number of rotatable bonds is 7. The van der Waals surface area contributed by atoms with E-state index in [-0.39, 0.29) is 6.61 Å². The third-order valence-corrected chi connectivity index (χ3v) is 7.44. The Hall–Kier alpha value is -1.67. The van der Waals surface area contributed by atoms with Crippen molar-refractivity contribution in [2.45, 2.75) is 25.1 Å². The fraction of sp³-hybridized carbons (Fsp3) is 0.263. The van der Waals surface area contributed by atoms with Crippen LogP contribution in [0.15, 0.2) is 72.8 Å². The molecule has 2 rings (SSSR count). The Labute approximate surface area is 137 Å². The molecule has 2 atom stereocenters. The topological polar surface area (TPSA) is 57.5 Å². The van der Waals surface area contributed by atoms with E-state index in [2.05, 4.69) is 0 Å². The van der Waals surface area contributed by atoms with Crippen LogP contribution in [0.5, 0.6) is 0 Å². The van der Waals surface area contributed by atoms with Crippen molar-refractivity contribution in [1.82, 2.24) is 0 Å². The molecule has 0 bridgehead atoms. The Bertz CT molecular complexity index is 624. The molecule has 0 aliphatic heterocycles. The number of aliphatic hydroxyl groups is 2. The van der Waals surface area contributed by atoms with Crippen molar-refractivity contribution in [3.05, 3.63) is 72.8 Å². The largest absolute Gasteiger partial charge is 0.392 e. The number of hydrogen-bond donors (Lipinski definition) is 2. The minimum Gasteiger partial charge on any atom is -0.392 e. The fourth-order valence-corrected chi connectivity index (χ4v) is 6.00. The van der Waals surface area contributed by atoms with Gasteiger partial charge in [0.25, 0.3) is 0 Å². The molecule has 0 aromatic heterocycles. The maximum atomic E-state index is 14.1. The lowest BCUT2D eigenvalue weighted by atomic mass is 10.2. The van der Waals surface area contributed by atoms with Crippen molar-refractivity contribution in [3.63, 3.8) is 0 Å². The average molecular weight is 330 g/mol. The van der Waals surface area contributed by atoms with Crippen LogP contribution in [0.25, 0.3) is 0 Å². The van der Waals surface area contributed by atoms with Crippen molar-refractivity contribution >= 4 is 17.8 Å². The predicted octanol–water partition coefficient (Wildman–Crippen LogP) is 2.69. The van der Waals surface area contributed by atoms with Crippen LogP contribution in [0.2, 0.25) is 0 Å². The Morgan fingerprint density at radius 3 is 1.87 bits per heavy atom. The normalized spacial score (nSPS) is 14.7. The van der Waals surface area contributed by atoms with E-state index in [4.69, 9.17) is 5.11 Å². The van der Waals surface area contributed by atoms with Crippen LogP contribution in [-0.2, 0) is 4.57 Å². The van der Waals surface area contributed by atoms with Crippen molar-refractivity contribution < 1.29 is 14.8 Å². The molecule has 0 fully saturated rings. The highest BCUT2D eigenvalue weighted by Gasteiger charge is 2.38. The average Bonchev–Trinajstić information content (AvgIpc) is 2.62. The molecule has 0 heterocycles. The summed E-state index contributed by atoms with van der Waals surface area (Å²) < 4.78 is 14.1. The summed E-state index contributed by atoms with van der Waals surface area (Å²) in [6, 6.07) is 18.6. The molecule has 2 unspecified atom stereocenters. The van der Waals surface area contributed by atoms with Gasteiger partial charge in [-0.3, -0.25) is 0 Å². The second-order valence-electron chi connectivity index (χ2n) is 5.41. The van der Waals surface area contributed by atoms with Crippen LogP contribution in [0.3, 0.4) is 0 Å². The van der Waals surface area contributed by atoms with Crippen LogP contribution in [-0.4, -0.2) is 28.6 Å². The molecule has 2 aromatic carbocycles. The smallest absolute Gasteiger partial charge is 0.152 e. The first kappa shape index (κ1) is 17.7. The van der Waals surface area contributed by atoms with Gasteiger partial charge in [0.15, 0.2) is 7.14 Å². The van der Waals surface area contributed by atoms with E-state index in [0.29, 0.717) is 17.0 Å². The zero-order valence-electron chi connectivity index (χ0n) is 13.2. The maximum Gasteiger partial charge on any atom is 0.152 e. The van der Waals surface area contributed by atoms with Gasteiger partial charge >= 0.3 is 0 Å². The molecule has 4 heteroatoms. The fourth-order valence-electron chi connectivity index (χ4n) is 2.73. The lowest BCUT2D eigenvalue weighted by Gasteiger charge is -2.30. The van der Waals surface area contributed by atoms with E-state index < -0.39 is 18.9 Å². The van der Waals surface area contributed by atoms with Gasteiger partial charge in [0.2, 0.25) is 0 Å². The van der Waals surface area contributed by atoms with Gasteiger partial charge in [0.05, 0.1) is 18.4 Å². The van der Waals surface area contributed by atoms with Crippen molar-refractivity contribution in [3.8, 4) is 0 Å². The van der Waals surface area contributed by atoms with E-state index in [1.54, 1.807) is 12.2 Å². The monoisotopic (exact) mass is 330 g/mol. The summed E-state index contributed by atoms with van der Waals surface area (Å²) in [6.07, 6.45) is 2.99. The van der Waals surface area contributed by atoms with Gasteiger partial charge in [-0.2, -0.15) is 0 Å². The second kappa shape index (κ2) is 8.26. The van der Waals surface area contributed by atoms with Crippen LogP contribution < -0.4 is 10.6 Å². The number of aliphatic hydroxyl groups excluding tert-OH is 2. The minimum atomic E-state index is -3.08. The van der Waals surface area contributed by atoms with Gasteiger partial charge in [0, 0.05) is 10.6 Å². The van der Waals surface area contributed by atoms with Crippen LogP contribution in [0, 0.1) is 0 Å². The highest BCUT2D eigenvalue weighted by atomic mass is 31.2. The van der Waals surface area contributed by atoms with Gasteiger partial charge in [-0.25, -0.2) is 0 Å². The van der Waals surface area contributed by atoms with Gasteiger partial charge < -0.3 is 14.8 Å². The molecule has 122 valence electrons. The van der Waals surface area contributed by atoms with E-state index in [1.165, 1.54) is 0 Å². The molecule has 0 saturated carbocycles. The van der Waals surface area contributed by atoms with Gasteiger partial charge in [0.1, 0.15) is 0 Å². The van der Waals surface area contributed by atoms with E-state index in [0.717, 1.165) is 0 Å². The summed E-state index contributed by atoms with van der Waals surface area (Å²) in [5.74, 6) is 0. The first-order valence-corrected chi connectivity index (χ1v) is 9.58. The zero-order valence-corrected chi connectivity index (χ0v) is 14.1. The molecule has 23 heavy (non-hydrogen) atoms. The first-order valence-electron chi connectivity index (χ1n) is 7.81. The standard InChI is InChI=1S/C19H23O3P/c1-2-18(21)19(14-9-15-20)23(22,16-10-5-3-6-11-16)17-12-7-4-8-13-17/h3-14,18-21H,2,15H2,1H3/b14-9-. The molecule has 0 aliphatic rings. The SMILES string of the molecule is CCC(O)C(/C=C\CO)P(=O)(c1ccccc1)c1ccccc1. The third kappa shape index (κ3) is 3.81. The molecular formula is C19H23O3P. The maximum absolute atomic E-state index is 14.1. The van der Waals surface area contributed by atoms with E-state index in [1.807, 2.05) is 67.6 Å². The van der Waals surface area contributed by atoms with Crippen molar-refractivity contribution in [2.24, 2.45) is 0 Å². The van der Waals surface area contributed by atoms with Crippen LogP contribution in [0.1, 0.15) is 13.3 Å². The van der Waals surface area contributed by atoms with Gasteiger partial charge in [-0.1, -0.05) is 79.7 Å². The molecule has 0 amide bonds. The highest BCUT2D eigenvalue weighted by molar-refractivity contribution is 7.79. The summed E-state index contributed by atoms with van der Waals surface area (Å²) in [6.45, 7) is 1.72. The second-order valence-corrected chi connectivity index (χ2v) is 8.35. The first-order chi connectivity index (χ1) is 11.1. The summed E-state index contributed by atoms with van der Waals surface area (Å²) in [4.78, 5) is 0. The van der Waals surface area contributed by atoms with Crippen molar-refractivity contribution in [2.75, 3.05) is 6.61 Å². The minimum absolute atomic E-state index is 0.142. The Kier molecular flexibility index (Phi) is 6.35. The summed E-state index contributed by atoms with van der Waals surface area (Å²) in [5.41, 5.74) is -0.565. The Morgan fingerprint density at radius 2 is 1.48 bits per heavy atom. The van der Waals surface area contributed by atoms with Crippen LogP contribution >= 0.6 is 7.14 Å². The summed E-state index contributed by atoms with van der Waals surface area (Å²) in [7, 11) is -3.08. The molecule has 0 aliphatic carbocycles. The third-order valence-electron chi connectivity index (χ3n) is 3.95. The lowest BCUT2D eigenvalue weighted by Crippen LogP contribution is -2.33. The molecular weight excluding hydrogens is 307 g/mol. The molecule has 0 spiro atoms. The summed E-state index contributed by atoms with van der Waals surface area (Å²) >= 11 is 0. The molecule has 0 radical (unpaired) electrons. The van der Waals surface area contributed by atoms with Crippen molar-refractivity contribution in [1.29, 1.82) is 0 Å². The predicted molar refractivity (Wildman–Crippen MR) is 96.1 cm³/mol. The van der Waals surface area contributed by atoms with Gasteiger partial charge in [-0.15, -0.1) is 0 Å². The van der Waals surface area contributed by atoms with E-state index in [9.17, 15) is 9.67 Å². The Morgan fingerprint density at radius 1 is 1.00 bits per heavy atom. The summed E-state index contributed by atoms with van der Waals surface area (Å²) in [5, 5.41) is 21.0. The quantitative estimate of drug-likeness (QED) is 0.606. The zero-order chi connectivity index (χ0) is 16.7. The Balaban J connectivity index is 2.65. The van der Waals surface area contributed by atoms with E-state index >= 15 is 0 Å². The number of hydrogen-bond acceptors (Lipinski definition) is 3. The molecule has 2 aromatic rings. The van der Waals surface area contributed by atoms with Crippen LogP contribution in [0.4, 0.5) is 0 Å². The van der Waals surface area contributed by atoms with Gasteiger partial charge in [-0.05, 0) is 6.42 Å². The lowest BCUT2D eigenvalue weighted by molar-refractivity contribution is 0.175. The molecule has 0 saturated heterocycles. The molecule has 2 N–H and O–H groups in total.